The van der Waals surface area contributed by atoms with Gasteiger partial charge in [0, 0.05) is 30.3 Å². The van der Waals surface area contributed by atoms with Gasteiger partial charge < -0.3 is 14.9 Å². The number of hydrogen-bond donors (Lipinski definition) is 1. The van der Waals surface area contributed by atoms with Gasteiger partial charge in [-0.1, -0.05) is 11.6 Å². The number of amides is 2. The number of carbonyl (C=O) groups excluding carboxylic acids is 2. The molecule has 0 aromatic heterocycles. The third kappa shape index (κ3) is 2.96. The van der Waals surface area contributed by atoms with Crippen molar-refractivity contribution in [1.82, 2.24) is 4.90 Å². The zero-order chi connectivity index (χ0) is 15.7. The molecule has 0 bridgehead atoms. The molecule has 3 rings (SSSR count). The molecule has 118 valence electrons. The number of nitrogens with zero attached hydrogens (tertiary/aromatic N) is 2. The van der Waals surface area contributed by atoms with Gasteiger partial charge in [-0.3, -0.25) is 9.59 Å². The summed E-state index contributed by atoms with van der Waals surface area (Å²) in [5.41, 5.74) is 0.777. The quantitative estimate of drug-likeness (QED) is 0.843. The van der Waals surface area contributed by atoms with E-state index in [9.17, 15) is 14.7 Å². The van der Waals surface area contributed by atoms with Crippen molar-refractivity contribution in [2.24, 2.45) is 5.92 Å². The Labute approximate surface area is 134 Å². The summed E-state index contributed by atoms with van der Waals surface area (Å²) < 4.78 is 0. The van der Waals surface area contributed by atoms with Crippen LogP contribution in [0.3, 0.4) is 0 Å². The topological polar surface area (TPSA) is 60.9 Å². The number of anilines is 1. The lowest BCUT2D eigenvalue weighted by molar-refractivity contribution is -0.141. The second-order valence-corrected chi connectivity index (χ2v) is 6.30. The van der Waals surface area contributed by atoms with E-state index in [1.54, 1.807) is 34.1 Å². The predicted octanol–water partition coefficient (Wildman–Crippen LogP) is 1.68. The number of carbonyl (C=O) groups is 2. The van der Waals surface area contributed by atoms with Crippen LogP contribution in [0, 0.1) is 5.92 Å². The maximum atomic E-state index is 12.5. The molecule has 2 saturated heterocycles. The Morgan fingerprint density at radius 1 is 1.09 bits per heavy atom. The van der Waals surface area contributed by atoms with Crippen LogP contribution in [0.4, 0.5) is 5.69 Å². The van der Waals surface area contributed by atoms with Gasteiger partial charge >= 0.3 is 0 Å². The van der Waals surface area contributed by atoms with E-state index >= 15 is 0 Å². The van der Waals surface area contributed by atoms with Crippen LogP contribution in [0.2, 0.25) is 5.02 Å². The number of hydrogen-bond acceptors (Lipinski definition) is 3. The lowest BCUT2D eigenvalue weighted by Crippen LogP contribution is -2.45. The van der Waals surface area contributed by atoms with E-state index in [-0.39, 0.29) is 17.9 Å². The summed E-state index contributed by atoms with van der Waals surface area (Å²) in [5.74, 6) is -0.835. The zero-order valence-corrected chi connectivity index (χ0v) is 13.0. The average molecular weight is 323 g/mol. The second-order valence-electron chi connectivity index (χ2n) is 5.86. The molecule has 6 heteroatoms. The average Bonchev–Trinajstić information content (AvgIpc) is 2.90. The monoisotopic (exact) mass is 322 g/mol. The van der Waals surface area contributed by atoms with Gasteiger partial charge in [-0.15, -0.1) is 0 Å². The molecule has 1 aromatic rings. The Balaban J connectivity index is 1.68. The fourth-order valence-corrected chi connectivity index (χ4v) is 3.22. The maximum Gasteiger partial charge on any atom is 0.239 e. The van der Waals surface area contributed by atoms with Gasteiger partial charge in [0.15, 0.2) is 0 Å². The smallest absolute Gasteiger partial charge is 0.239 e. The molecule has 2 fully saturated rings. The van der Waals surface area contributed by atoms with Crippen LogP contribution in [-0.4, -0.2) is 47.6 Å². The number of aliphatic hydroxyl groups excluding tert-OH is 1. The second kappa shape index (κ2) is 6.26. The third-order valence-electron chi connectivity index (χ3n) is 4.42. The van der Waals surface area contributed by atoms with E-state index < -0.39 is 5.92 Å². The molecule has 22 heavy (non-hydrogen) atoms. The minimum absolute atomic E-state index is 0.103. The van der Waals surface area contributed by atoms with Crippen molar-refractivity contribution in [3.8, 4) is 0 Å². The van der Waals surface area contributed by atoms with E-state index in [0.717, 1.165) is 5.69 Å². The van der Waals surface area contributed by atoms with Crippen molar-refractivity contribution in [3.05, 3.63) is 29.3 Å². The van der Waals surface area contributed by atoms with Gasteiger partial charge in [-0.05, 0) is 43.5 Å². The first-order chi connectivity index (χ1) is 10.6. The number of likely N-dealkylation sites (tertiary alicyclic amines) is 1. The van der Waals surface area contributed by atoms with Crippen LogP contribution in [0.15, 0.2) is 24.3 Å². The molecule has 2 aliphatic heterocycles. The highest BCUT2D eigenvalue weighted by molar-refractivity contribution is 6.30. The lowest BCUT2D eigenvalue weighted by Gasteiger charge is -2.31. The third-order valence-corrected chi connectivity index (χ3v) is 4.67. The first kappa shape index (κ1) is 15.3. The van der Waals surface area contributed by atoms with Crippen molar-refractivity contribution in [2.45, 2.75) is 25.4 Å². The summed E-state index contributed by atoms with van der Waals surface area (Å²) in [7, 11) is 0. The Morgan fingerprint density at radius 2 is 1.73 bits per heavy atom. The highest BCUT2D eigenvalue weighted by Crippen LogP contribution is 2.28. The Bertz CT molecular complexity index is 567. The van der Waals surface area contributed by atoms with Gasteiger partial charge in [-0.2, -0.15) is 0 Å². The van der Waals surface area contributed by atoms with Gasteiger partial charge in [0.25, 0.3) is 0 Å². The maximum absolute atomic E-state index is 12.5. The molecular weight excluding hydrogens is 304 g/mol. The van der Waals surface area contributed by atoms with Crippen molar-refractivity contribution < 1.29 is 14.7 Å². The zero-order valence-electron chi connectivity index (χ0n) is 12.2. The lowest BCUT2D eigenvalue weighted by atomic mass is 10.0. The number of aliphatic hydroxyl groups is 1. The molecule has 0 radical (unpaired) electrons. The van der Waals surface area contributed by atoms with Crippen LogP contribution in [0.1, 0.15) is 19.3 Å². The minimum atomic E-state index is -0.592. The van der Waals surface area contributed by atoms with Gasteiger partial charge in [0.05, 0.1) is 6.10 Å². The Hall–Kier alpha value is -1.59. The first-order valence-corrected chi connectivity index (χ1v) is 7.98. The van der Waals surface area contributed by atoms with Crippen LogP contribution >= 0.6 is 11.6 Å². The predicted molar refractivity (Wildman–Crippen MR) is 83.7 cm³/mol. The molecule has 5 nitrogen and oxygen atoms in total. The summed E-state index contributed by atoms with van der Waals surface area (Å²) in [4.78, 5) is 28.4. The number of halogens is 1. The first-order valence-electron chi connectivity index (χ1n) is 7.60. The molecule has 2 aliphatic rings. The van der Waals surface area contributed by atoms with E-state index in [4.69, 9.17) is 11.6 Å². The standard InChI is InChI=1S/C16H19ClN2O3/c17-11-1-3-12(4-2-11)19-10-7-14(16(19)22)15(21)18-8-5-13(20)6-9-18/h1-4,13-14,20H,5-10H2. The number of benzene rings is 1. The molecule has 2 amide bonds. The molecule has 1 N–H and O–H groups in total. The molecule has 1 aromatic carbocycles. The molecule has 0 saturated carbocycles. The molecule has 1 atom stereocenters. The van der Waals surface area contributed by atoms with Crippen LogP contribution in [0.5, 0.6) is 0 Å². The normalized spacial score (nSPS) is 23.2. The van der Waals surface area contributed by atoms with Crippen LogP contribution < -0.4 is 4.90 Å². The largest absolute Gasteiger partial charge is 0.393 e. The fraction of sp³-hybridized carbons (Fsp3) is 0.500. The molecule has 1 unspecified atom stereocenters. The molecule has 0 spiro atoms. The van der Waals surface area contributed by atoms with Gasteiger partial charge in [0.1, 0.15) is 5.92 Å². The number of rotatable bonds is 2. The molecule has 2 heterocycles. The SMILES string of the molecule is O=C(C1CCN(c2ccc(Cl)cc2)C1=O)N1CCC(O)CC1. The Morgan fingerprint density at radius 3 is 2.36 bits per heavy atom. The van der Waals surface area contributed by atoms with Crippen molar-refractivity contribution in [3.63, 3.8) is 0 Å². The van der Waals surface area contributed by atoms with E-state index in [0.29, 0.717) is 43.9 Å². The molecule has 0 aliphatic carbocycles. The van der Waals surface area contributed by atoms with Gasteiger partial charge in [0.2, 0.25) is 11.8 Å². The van der Waals surface area contributed by atoms with Crippen molar-refractivity contribution >= 4 is 29.1 Å². The highest BCUT2D eigenvalue weighted by Gasteiger charge is 2.40. The summed E-state index contributed by atoms with van der Waals surface area (Å²) in [6, 6.07) is 7.07. The minimum Gasteiger partial charge on any atom is -0.393 e. The van der Waals surface area contributed by atoms with Crippen molar-refractivity contribution in [2.75, 3.05) is 24.5 Å². The summed E-state index contributed by atoms with van der Waals surface area (Å²) in [6.45, 7) is 1.61. The van der Waals surface area contributed by atoms with Crippen LogP contribution in [0.25, 0.3) is 0 Å². The van der Waals surface area contributed by atoms with E-state index in [1.807, 2.05) is 0 Å². The van der Waals surface area contributed by atoms with Crippen LogP contribution in [-0.2, 0) is 9.59 Å². The summed E-state index contributed by atoms with van der Waals surface area (Å²) in [6.07, 6.45) is 1.40. The van der Waals surface area contributed by atoms with E-state index in [2.05, 4.69) is 0 Å². The van der Waals surface area contributed by atoms with Gasteiger partial charge in [-0.25, -0.2) is 0 Å². The summed E-state index contributed by atoms with van der Waals surface area (Å²) >= 11 is 5.86. The van der Waals surface area contributed by atoms with E-state index in [1.165, 1.54) is 0 Å². The number of piperidine rings is 1. The Kier molecular flexibility index (Phi) is 4.36. The van der Waals surface area contributed by atoms with Crippen molar-refractivity contribution in [1.29, 1.82) is 0 Å². The highest BCUT2D eigenvalue weighted by atomic mass is 35.5. The summed E-state index contributed by atoms with van der Waals surface area (Å²) in [5, 5.41) is 10.1. The molecular formula is C16H19ClN2O3. The fourth-order valence-electron chi connectivity index (χ4n) is 3.09.